The maximum Gasteiger partial charge on any atom is 0.0738 e. The molecule has 0 aromatic rings. The summed E-state index contributed by atoms with van der Waals surface area (Å²) in [7, 11) is 0. The fourth-order valence-electron chi connectivity index (χ4n) is 1.53. The zero-order chi connectivity index (χ0) is 9.24. The van der Waals surface area contributed by atoms with Crippen molar-refractivity contribution in [3.8, 4) is 0 Å². The van der Waals surface area contributed by atoms with Crippen LogP contribution in [0.25, 0.3) is 0 Å². The summed E-state index contributed by atoms with van der Waals surface area (Å²) in [6.45, 7) is 6.61. The van der Waals surface area contributed by atoms with Crippen LogP contribution in [0.2, 0.25) is 0 Å². The van der Waals surface area contributed by atoms with Gasteiger partial charge in [-0.05, 0) is 12.8 Å². The number of hydrogen-bond donors (Lipinski definition) is 1. The Hall–Kier alpha value is 0.310. The predicted molar refractivity (Wildman–Crippen MR) is 55.6 cm³/mol. The fraction of sp³-hybridized carbons (Fsp3) is 1.00. The molecule has 1 saturated carbocycles. The van der Waals surface area contributed by atoms with Crippen LogP contribution in [0.3, 0.4) is 0 Å². The molecule has 1 aliphatic rings. The first kappa shape index (κ1) is 10.4. The van der Waals surface area contributed by atoms with Crippen molar-refractivity contribution in [1.82, 2.24) is 0 Å². The largest absolute Gasteiger partial charge is 0.389 e. The van der Waals surface area contributed by atoms with Crippen molar-refractivity contribution in [3.63, 3.8) is 0 Å². The van der Waals surface area contributed by atoms with Crippen LogP contribution in [-0.2, 0) is 0 Å². The lowest BCUT2D eigenvalue weighted by Crippen LogP contribution is -2.29. The zero-order valence-corrected chi connectivity index (χ0v) is 9.21. The second-order valence-electron chi connectivity index (χ2n) is 4.83. The van der Waals surface area contributed by atoms with E-state index in [1.807, 2.05) is 11.8 Å². The molecular weight excluding hydrogens is 168 g/mol. The molecule has 1 aliphatic carbocycles. The average Bonchev–Trinajstić information content (AvgIpc) is 2.32. The van der Waals surface area contributed by atoms with Gasteiger partial charge in [0.05, 0.1) is 5.60 Å². The van der Waals surface area contributed by atoms with Gasteiger partial charge in [-0.25, -0.2) is 0 Å². The molecule has 2 heteroatoms. The van der Waals surface area contributed by atoms with Gasteiger partial charge in [0.2, 0.25) is 0 Å². The summed E-state index contributed by atoms with van der Waals surface area (Å²) in [5.41, 5.74) is -0.335. The Kier molecular flexibility index (Phi) is 3.11. The molecule has 0 aliphatic heterocycles. The molecule has 0 amide bonds. The standard InChI is InChI=1S/C10H20OS/c1-9(2,3)12-8-10(11)6-4-5-7-10/h11H,4-8H2,1-3H3. The van der Waals surface area contributed by atoms with Crippen molar-refractivity contribution in [2.24, 2.45) is 0 Å². The lowest BCUT2D eigenvalue weighted by Gasteiger charge is -2.26. The first-order chi connectivity index (χ1) is 5.41. The Bertz CT molecular complexity index is 142. The Morgan fingerprint density at radius 2 is 1.75 bits per heavy atom. The van der Waals surface area contributed by atoms with Crippen molar-refractivity contribution in [2.45, 2.75) is 56.8 Å². The van der Waals surface area contributed by atoms with E-state index in [-0.39, 0.29) is 5.60 Å². The van der Waals surface area contributed by atoms with Gasteiger partial charge in [-0.3, -0.25) is 0 Å². The van der Waals surface area contributed by atoms with E-state index >= 15 is 0 Å². The van der Waals surface area contributed by atoms with Crippen molar-refractivity contribution in [2.75, 3.05) is 5.75 Å². The van der Waals surface area contributed by atoms with E-state index in [9.17, 15) is 5.11 Å². The molecule has 12 heavy (non-hydrogen) atoms. The third kappa shape index (κ3) is 3.36. The van der Waals surface area contributed by atoms with Crippen LogP contribution in [0.5, 0.6) is 0 Å². The maximum absolute atomic E-state index is 10.0. The molecule has 1 fully saturated rings. The number of hydrogen-bond acceptors (Lipinski definition) is 2. The van der Waals surface area contributed by atoms with E-state index in [2.05, 4.69) is 20.8 Å². The molecule has 0 unspecified atom stereocenters. The van der Waals surface area contributed by atoms with Gasteiger partial charge < -0.3 is 5.11 Å². The molecule has 1 nitrogen and oxygen atoms in total. The maximum atomic E-state index is 10.0. The second-order valence-corrected chi connectivity index (χ2v) is 6.63. The molecule has 0 saturated heterocycles. The van der Waals surface area contributed by atoms with Crippen LogP contribution >= 0.6 is 11.8 Å². The molecule has 0 radical (unpaired) electrons. The lowest BCUT2D eigenvalue weighted by atomic mass is 10.1. The van der Waals surface area contributed by atoms with Gasteiger partial charge in [-0.1, -0.05) is 33.6 Å². The van der Waals surface area contributed by atoms with Gasteiger partial charge in [0.25, 0.3) is 0 Å². The van der Waals surface area contributed by atoms with Crippen LogP contribution in [-0.4, -0.2) is 21.2 Å². The quantitative estimate of drug-likeness (QED) is 0.719. The van der Waals surface area contributed by atoms with Gasteiger partial charge >= 0.3 is 0 Å². The normalized spacial score (nSPS) is 23.0. The first-order valence-electron chi connectivity index (χ1n) is 4.78. The van der Waals surface area contributed by atoms with E-state index in [4.69, 9.17) is 0 Å². The second kappa shape index (κ2) is 3.59. The van der Waals surface area contributed by atoms with Gasteiger partial charge in [0.1, 0.15) is 0 Å². The Morgan fingerprint density at radius 1 is 1.25 bits per heavy atom. The predicted octanol–water partition coefficient (Wildman–Crippen LogP) is 2.82. The van der Waals surface area contributed by atoms with Gasteiger partial charge in [-0.2, -0.15) is 11.8 Å². The van der Waals surface area contributed by atoms with Gasteiger partial charge in [0.15, 0.2) is 0 Å². The Labute approximate surface area is 79.9 Å². The molecule has 0 heterocycles. The molecule has 0 spiro atoms. The summed E-state index contributed by atoms with van der Waals surface area (Å²) in [4.78, 5) is 0. The highest BCUT2D eigenvalue weighted by molar-refractivity contribution is 8.00. The van der Waals surface area contributed by atoms with E-state index in [1.165, 1.54) is 12.8 Å². The van der Waals surface area contributed by atoms with Crippen molar-refractivity contribution >= 4 is 11.8 Å². The summed E-state index contributed by atoms with van der Waals surface area (Å²) in [5, 5.41) is 10.0. The van der Waals surface area contributed by atoms with E-state index < -0.39 is 0 Å². The molecule has 72 valence electrons. The molecule has 1 N–H and O–H groups in total. The Morgan fingerprint density at radius 3 is 2.17 bits per heavy atom. The highest BCUT2D eigenvalue weighted by Crippen LogP contribution is 2.36. The summed E-state index contributed by atoms with van der Waals surface area (Å²) in [6.07, 6.45) is 4.44. The highest BCUT2D eigenvalue weighted by Gasteiger charge is 2.32. The molecule has 0 aromatic carbocycles. The van der Waals surface area contributed by atoms with Crippen molar-refractivity contribution in [1.29, 1.82) is 0 Å². The third-order valence-electron chi connectivity index (χ3n) is 2.31. The van der Waals surface area contributed by atoms with E-state index in [0.717, 1.165) is 18.6 Å². The van der Waals surface area contributed by atoms with Crippen molar-refractivity contribution < 1.29 is 5.11 Å². The van der Waals surface area contributed by atoms with Gasteiger partial charge in [0, 0.05) is 10.5 Å². The molecule has 0 bridgehead atoms. The van der Waals surface area contributed by atoms with Crippen LogP contribution in [0.1, 0.15) is 46.5 Å². The molecule has 1 rings (SSSR count). The first-order valence-corrected chi connectivity index (χ1v) is 5.76. The summed E-state index contributed by atoms with van der Waals surface area (Å²) < 4.78 is 0.290. The summed E-state index contributed by atoms with van der Waals surface area (Å²) in [6, 6.07) is 0. The summed E-state index contributed by atoms with van der Waals surface area (Å²) in [5.74, 6) is 0.913. The minimum Gasteiger partial charge on any atom is -0.389 e. The Balaban J connectivity index is 2.30. The number of rotatable bonds is 2. The lowest BCUT2D eigenvalue weighted by molar-refractivity contribution is 0.0730. The topological polar surface area (TPSA) is 20.2 Å². The van der Waals surface area contributed by atoms with Crippen LogP contribution in [0, 0.1) is 0 Å². The van der Waals surface area contributed by atoms with Crippen LogP contribution in [0.15, 0.2) is 0 Å². The SMILES string of the molecule is CC(C)(C)SCC1(O)CCCC1. The highest BCUT2D eigenvalue weighted by atomic mass is 32.2. The number of aliphatic hydroxyl groups is 1. The summed E-state index contributed by atoms with van der Waals surface area (Å²) >= 11 is 1.88. The van der Waals surface area contributed by atoms with Crippen LogP contribution in [0.4, 0.5) is 0 Å². The molecule has 0 aromatic heterocycles. The van der Waals surface area contributed by atoms with Gasteiger partial charge in [-0.15, -0.1) is 0 Å². The molecule has 0 atom stereocenters. The smallest absolute Gasteiger partial charge is 0.0738 e. The minimum atomic E-state index is -0.335. The minimum absolute atomic E-state index is 0.290. The average molecular weight is 188 g/mol. The zero-order valence-electron chi connectivity index (χ0n) is 8.39. The third-order valence-corrected chi connectivity index (χ3v) is 3.86. The van der Waals surface area contributed by atoms with E-state index in [0.29, 0.717) is 4.75 Å². The monoisotopic (exact) mass is 188 g/mol. The van der Waals surface area contributed by atoms with Crippen LogP contribution < -0.4 is 0 Å². The fourth-order valence-corrected chi connectivity index (χ4v) is 2.52. The molecular formula is C10H20OS. The van der Waals surface area contributed by atoms with E-state index in [1.54, 1.807) is 0 Å². The number of thioether (sulfide) groups is 1. The van der Waals surface area contributed by atoms with Crippen molar-refractivity contribution in [3.05, 3.63) is 0 Å².